The van der Waals surface area contributed by atoms with Crippen LogP contribution in [-0.2, 0) is 19.9 Å². The number of benzene rings is 1. The lowest BCUT2D eigenvalue weighted by molar-refractivity contribution is 0.303. The van der Waals surface area contributed by atoms with Crippen LogP contribution in [0.3, 0.4) is 0 Å². The Morgan fingerprint density at radius 3 is 2.40 bits per heavy atom. The van der Waals surface area contributed by atoms with E-state index in [-0.39, 0.29) is 22.4 Å². The number of halogens is 1. The van der Waals surface area contributed by atoms with Gasteiger partial charge in [-0.3, -0.25) is 0 Å². The molecule has 0 amide bonds. The first kappa shape index (κ1) is 20.5. The molecule has 0 fully saturated rings. The second-order valence-electron chi connectivity index (χ2n) is 5.71. The molecule has 0 aliphatic heterocycles. The number of hydrogen-bond acceptors (Lipinski definition) is 6. The van der Waals surface area contributed by atoms with Crippen molar-refractivity contribution in [1.82, 2.24) is 9.62 Å². The number of hydrogen-bond donors (Lipinski definition) is 1. The monoisotopic (exact) mass is 466 g/mol. The molecule has 1 aromatic heterocycles. The fourth-order valence-electron chi connectivity index (χ4n) is 2.21. The topological polar surface area (TPSA) is 83.6 Å². The molecule has 10 heteroatoms. The summed E-state index contributed by atoms with van der Waals surface area (Å²) in [6.45, 7) is 0.172. The lowest BCUT2D eigenvalue weighted by Gasteiger charge is -2.23. The van der Waals surface area contributed by atoms with Gasteiger partial charge in [0.05, 0.1) is 15.8 Å². The van der Waals surface area contributed by atoms with Gasteiger partial charge in [-0.15, -0.1) is 11.3 Å². The lowest BCUT2D eigenvalue weighted by Crippen LogP contribution is -2.34. The molecular weight excluding hydrogens is 448 g/mol. The van der Waals surface area contributed by atoms with Crippen molar-refractivity contribution in [2.45, 2.75) is 15.8 Å². The smallest absolute Gasteiger partial charge is 0.241 e. The molecule has 1 atom stereocenters. The van der Waals surface area contributed by atoms with E-state index in [1.165, 1.54) is 12.1 Å². The van der Waals surface area contributed by atoms with Crippen molar-refractivity contribution in [3.63, 3.8) is 0 Å². The number of likely N-dealkylation sites (N-methyl/N-ethyl adjacent to an activating group) is 1. The van der Waals surface area contributed by atoms with Crippen LogP contribution < -0.4 is 4.72 Å². The molecule has 138 valence electrons. The Morgan fingerprint density at radius 2 is 1.88 bits per heavy atom. The van der Waals surface area contributed by atoms with Crippen molar-refractivity contribution in [1.29, 1.82) is 0 Å². The van der Waals surface area contributed by atoms with Crippen LogP contribution in [0, 0.1) is 0 Å². The maximum Gasteiger partial charge on any atom is 0.241 e. The summed E-state index contributed by atoms with van der Waals surface area (Å²) in [5.74, 6) is 0. The number of nitrogens with zero attached hydrogens (tertiary/aromatic N) is 1. The third-order valence-electron chi connectivity index (χ3n) is 3.58. The maximum absolute atomic E-state index is 12.7. The molecule has 0 bridgehead atoms. The summed E-state index contributed by atoms with van der Waals surface area (Å²) in [6, 6.07) is 7.70. The minimum atomic E-state index is -3.88. The van der Waals surface area contributed by atoms with E-state index in [9.17, 15) is 16.8 Å². The number of thiophene rings is 1. The van der Waals surface area contributed by atoms with Crippen LogP contribution in [0.15, 0.2) is 50.0 Å². The van der Waals surface area contributed by atoms with E-state index >= 15 is 0 Å². The third-order valence-corrected chi connectivity index (χ3v) is 8.08. The molecule has 0 radical (unpaired) electrons. The van der Waals surface area contributed by atoms with Gasteiger partial charge in [-0.05, 0) is 59.7 Å². The Labute approximate surface area is 161 Å². The van der Waals surface area contributed by atoms with Gasteiger partial charge in [0.25, 0.3) is 0 Å². The van der Waals surface area contributed by atoms with Crippen LogP contribution >= 0.6 is 27.3 Å². The predicted molar refractivity (Wildman–Crippen MR) is 103 cm³/mol. The first-order valence-corrected chi connectivity index (χ1v) is 12.3. The van der Waals surface area contributed by atoms with Crippen LogP contribution in [0.5, 0.6) is 0 Å². The minimum Gasteiger partial charge on any atom is -0.300 e. The van der Waals surface area contributed by atoms with Gasteiger partial charge in [-0.1, -0.05) is 6.07 Å². The molecular formula is C15H19BrN2O4S3. The minimum absolute atomic E-state index is 0.0431. The van der Waals surface area contributed by atoms with Crippen LogP contribution in [0.4, 0.5) is 0 Å². The van der Waals surface area contributed by atoms with Crippen molar-refractivity contribution in [2.24, 2.45) is 0 Å². The van der Waals surface area contributed by atoms with Crippen molar-refractivity contribution in [3.05, 3.63) is 45.1 Å². The van der Waals surface area contributed by atoms with E-state index in [0.29, 0.717) is 4.47 Å². The lowest BCUT2D eigenvalue weighted by atomic mass is 10.2. The van der Waals surface area contributed by atoms with Gasteiger partial charge < -0.3 is 4.90 Å². The molecule has 6 nitrogen and oxygen atoms in total. The van der Waals surface area contributed by atoms with E-state index in [0.717, 1.165) is 17.2 Å². The summed E-state index contributed by atoms with van der Waals surface area (Å²) in [6.07, 6.45) is 1.04. The highest BCUT2D eigenvalue weighted by atomic mass is 79.9. The molecule has 25 heavy (non-hydrogen) atoms. The van der Waals surface area contributed by atoms with E-state index in [2.05, 4.69) is 20.7 Å². The summed E-state index contributed by atoms with van der Waals surface area (Å²) >= 11 is 4.73. The number of sulfone groups is 1. The molecule has 0 saturated heterocycles. The second-order valence-corrected chi connectivity index (χ2v) is 11.3. The van der Waals surface area contributed by atoms with Gasteiger partial charge in [-0.2, -0.15) is 0 Å². The molecule has 2 rings (SSSR count). The Kier molecular flexibility index (Phi) is 6.45. The van der Waals surface area contributed by atoms with Crippen molar-refractivity contribution < 1.29 is 16.8 Å². The summed E-state index contributed by atoms with van der Waals surface area (Å²) < 4.78 is 51.6. The first-order valence-electron chi connectivity index (χ1n) is 7.21. The van der Waals surface area contributed by atoms with Gasteiger partial charge in [0.15, 0.2) is 9.84 Å². The maximum atomic E-state index is 12.7. The standard InChI is InChI=1S/C15H19BrN2O4S3/c1-18(2)13(14-5-4-8-23-14)10-17-25(21,22)15-9-11(24(3,19)20)6-7-12(15)16/h4-9,13,17H,10H2,1-3H3. The van der Waals surface area contributed by atoms with Crippen molar-refractivity contribution >= 4 is 47.1 Å². The average molecular weight is 467 g/mol. The fraction of sp³-hybridized carbons (Fsp3) is 0.333. The van der Waals surface area contributed by atoms with Gasteiger partial charge in [-0.25, -0.2) is 21.6 Å². The average Bonchev–Trinajstić information content (AvgIpc) is 3.00. The van der Waals surface area contributed by atoms with Gasteiger partial charge in [0.1, 0.15) is 0 Å². The SMILES string of the molecule is CN(C)C(CNS(=O)(=O)c1cc(S(C)(=O)=O)ccc1Br)c1cccs1. The van der Waals surface area contributed by atoms with E-state index in [1.54, 1.807) is 11.3 Å². The van der Waals surface area contributed by atoms with Crippen LogP contribution in [0.1, 0.15) is 10.9 Å². The molecule has 0 saturated carbocycles. The summed E-state index contributed by atoms with van der Waals surface area (Å²) in [4.78, 5) is 2.82. The van der Waals surface area contributed by atoms with Gasteiger partial charge >= 0.3 is 0 Å². The van der Waals surface area contributed by atoms with E-state index in [4.69, 9.17) is 0 Å². The molecule has 0 aliphatic carbocycles. The molecule has 2 aromatic rings. The zero-order valence-corrected chi connectivity index (χ0v) is 18.0. The molecule has 0 aliphatic rings. The Bertz CT molecular complexity index is 939. The Balaban J connectivity index is 2.30. The highest BCUT2D eigenvalue weighted by Gasteiger charge is 2.23. The quantitative estimate of drug-likeness (QED) is 0.677. The summed E-state index contributed by atoms with van der Waals surface area (Å²) in [7, 11) is -3.63. The Hall–Kier alpha value is -0.780. The van der Waals surface area contributed by atoms with Crippen molar-refractivity contribution in [2.75, 3.05) is 26.9 Å². The molecule has 1 heterocycles. The zero-order valence-electron chi connectivity index (χ0n) is 13.9. The van der Waals surface area contributed by atoms with Gasteiger partial charge in [0.2, 0.25) is 10.0 Å². The molecule has 1 unspecified atom stereocenters. The molecule has 1 aromatic carbocycles. The number of rotatable bonds is 7. The number of nitrogens with one attached hydrogen (secondary N) is 1. The zero-order chi connectivity index (χ0) is 18.8. The van der Waals surface area contributed by atoms with Crippen LogP contribution in [0.25, 0.3) is 0 Å². The highest BCUT2D eigenvalue weighted by molar-refractivity contribution is 9.10. The fourth-order valence-corrected chi connectivity index (χ4v) is 5.88. The molecule has 0 spiro atoms. The first-order chi connectivity index (χ1) is 11.5. The predicted octanol–water partition coefficient (Wildman–Crippen LogP) is 2.50. The summed E-state index contributed by atoms with van der Waals surface area (Å²) in [5, 5.41) is 1.94. The summed E-state index contributed by atoms with van der Waals surface area (Å²) in [5.41, 5.74) is 0. The van der Waals surface area contributed by atoms with E-state index < -0.39 is 19.9 Å². The van der Waals surface area contributed by atoms with Crippen molar-refractivity contribution in [3.8, 4) is 0 Å². The molecule has 1 N–H and O–H groups in total. The number of sulfonamides is 1. The third kappa shape index (κ3) is 5.11. The normalized spacial score (nSPS) is 14.0. The largest absolute Gasteiger partial charge is 0.300 e. The second kappa shape index (κ2) is 7.85. The Morgan fingerprint density at radius 1 is 1.20 bits per heavy atom. The van der Waals surface area contributed by atoms with Crippen LogP contribution in [0.2, 0.25) is 0 Å². The van der Waals surface area contributed by atoms with E-state index in [1.807, 2.05) is 36.5 Å². The van der Waals surface area contributed by atoms with Crippen LogP contribution in [-0.4, -0.2) is 48.6 Å². The highest BCUT2D eigenvalue weighted by Crippen LogP contribution is 2.27. The van der Waals surface area contributed by atoms with Gasteiger partial charge in [0, 0.05) is 22.2 Å².